The summed E-state index contributed by atoms with van der Waals surface area (Å²) in [7, 11) is 3.68. The molecule has 2 aromatic carbocycles. The number of benzene rings is 2. The Hall–Kier alpha value is -6.12. The number of H-pyrrole nitrogens is 1. The van der Waals surface area contributed by atoms with Crippen molar-refractivity contribution in [3.63, 3.8) is 0 Å². The number of piperidine rings is 1. The normalized spacial score (nSPS) is 20.6. The number of fused-ring (bicyclic) bond motifs is 2. The number of nitrogens with zero attached hydrogens (tertiary/aromatic N) is 7. The first-order chi connectivity index (χ1) is 36.9. The smallest absolute Gasteiger partial charge is 0.267 e. The van der Waals surface area contributed by atoms with Crippen molar-refractivity contribution < 1.29 is 13.2 Å². The second kappa shape index (κ2) is 27.0. The lowest BCUT2D eigenvalue weighted by atomic mass is 9.67. The maximum Gasteiger partial charge on any atom is 0.267 e. The molecule has 14 heteroatoms. The molecule has 9 rings (SSSR count). The molecule has 11 nitrogen and oxygen atoms in total. The molecule has 5 aliphatic rings. The highest BCUT2D eigenvalue weighted by Gasteiger charge is 2.46. The van der Waals surface area contributed by atoms with Crippen LogP contribution in [0.25, 0.3) is 10.9 Å². The first-order valence-corrected chi connectivity index (χ1v) is 27.8. The first-order valence-electron chi connectivity index (χ1n) is 27.8. The highest BCUT2D eigenvalue weighted by molar-refractivity contribution is 5.90. The van der Waals surface area contributed by atoms with Crippen LogP contribution < -0.4 is 20.9 Å². The lowest BCUT2D eigenvalue weighted by Crippen LogP contribution is -2.56. The summed E-state index contributed by atoms with van der Waals surface area (Å²) >= 11 is 0. The maximum absolute atomic E-state index is 15.6. The van der Waals surface area contributed by atoms with Crippen LogP contribution in [-0.2, 0) is 13.0 Å². The van der Waals surface area contributed by atoms with Gasteiger partial charge in [0.25, 0.3) is 5.92 Å². The Labute approximate surface area is 459 Å². The van der Waals surface area contributed by atoms with Gasteiger partial charge < -0.3 is 30.3 Å². The van der Waals surface area contributed by atoms with E-state index in [0.29, 0.717) is 48.4 Å². The van der Waals surface area contributed by atoms with Crippen molar-refractivity contribution in [2.45, 2.75) is 124 Å². The molecule has 4 unspecified atom stereocenters. The van der Waals surface area contributed by atoms with E-state index in [0.717, 1.165) is 109 Å². The van der Waals surface area contributed by atoms with Gasteiger partial charge in [-0.05, 0) is 137 Å². The molecule has 0 spiro atoms. The van der Waals surface area contributed by atoms with Crippen molar-refractivity contribution >= 4 is 28.2 Å². The van der Waals surface area contributed by atoms with Gasteiger partial charge in [-0.3, -0.25) is 15.0 Å². The van der Waals surface area contributed by atoms with Gasteiger partial charge in [0.2, 0.25) is 0 Å². The minimum atomic E-state index is -2.75. The maximum atomic E-state index is 15.6. The van der Waals surface area contributed by atoms with Crippen LogP contribution in [0.1, 0.15) is 127 Å². The zero-order valence-corrected chi connectivity index (χ0v) is 47.9. The van der Waals surface area contributed by atoms with Crippen molar-refractivity contribution in [2.24, 2.45) is 21.7 Å². The summed E-state index contributed by atoms with van der Waals surface area (Å²) in [5, 5.41) is 17.5. The van der Waals surface area contributed by atoms with Crippen molar-refractivity contribution in [3.05, 3.63) is 157 Å². The Morgan fingerprint density at radius 2 is 1.77 bits per heavy atom. The third-order valence-electron chi connectivity index (χ3n) is 16.7. The molecule has 0 amide bonds. The summed E-state index contributed by atoms with van der Waals surface area (Å²) in [4.78, 5) is 15.1. The van der Waals surface area contributed by atoms with Gasteiger partial charge >= 0.3 is 0 Å². The molecule has 4 aromatic rings. The average molecular weight is 1060 g/mol. The SMILES string of the molecule is C/C=C\NC(C)=NC.C=C.C=CC(c1ncn2c1CCC2)N1CC2=C(CC(c3ccc(N4CC(C)(CC(C)C(C)(C)CC)C4)cc3)C=C2F)C1=C.C=CCN1CCC(c2ccc3c(NCCCNC)n[nH]c3c2)C(F)(F)C1. The number of rotatable bonds is 18. The zero-order valence-electron chi connectivity index (χ0n) is 47.9. The second-order valence-corrected chi connectivity index (χ2v) is 22.5. The van der Waals surface area contributed by atoms with Crippen LogP contribution in [0.5, 0.6) is 0 Å². The number of aromatic nitrogens is 4. The average Bonchev–Trinajstić information content (AvgIpc) is 4.23. The first kappa shape index (κ1) is 60.1. The molecule has 2 aromatic heterocycles. The van der Waals surface area contributed by atoms with Crippen LogP contribution >= 0.6 is 0 Å². The van der Waals surface area contributed by atoms with Crippen LogP contribution in [-0.4, -0.2) is 108 Å². The molecule has 4 atom stereocenters. The molecule has 0 saturated carbocycles. The van der Waals surface area contributed by atoms with Gasteiger partial charge in [-0.2, -0.15) is 5.10 Å². The summed E-state index contributed by atoms with van der Waals surface area (Å²) < 4.78 is 47.1. The number of alkyl halides is 2. The van der Waals surface area contributed by atoms with Gasteiger partial charge in [-0.25, -0.2) is 18.2 Å². The third kappa shape index (κ3) is 14.3. The minimum absolute atomic E-state index is 0.0114. The second-order valence-electron chi connectivity index (χ2n) is 22.5. The Bertz CT molecular complexity index is 2740. The summed E-state index contributed by atoms with van der Waals surface area (Å²) in [5.74, 6) is -1.19. The molecule has 4 N–H and O–H groups in total. The highest BCUT2D eigenvalue weighted by atomic mass is 19.3. The largest absolute Gasteiger partial charge is 0.370 e. The van der Waals surface area contributed by atoms with Gasteiger partial charge in [-0.1, -0.05) is 84.0 Å². The fraction of sp³-hybridized carbons (Fsp3) is 0.508. The van der Waals surface area contributed by atoms with E-state index in [1.807, 2.05) is 69.8 Å². The van der Waals surface area contributed by atoms with Gasteiger partial charge in [0, 0.05) is 85.7 Å². The number of aliphatic imine (C=N–C) groups is 1. The van der Waals surface area contributed by atoms with E-state index < -0.39 is 11.8 Å². The summed E-state index contributed by atoms with van der Waals surface area (Å²) in [5.41, 5.74) is 9.72. The molecule has 77 heavy (non-hydrogen) atoms. The van der Waals surface area contributed by atoms with Crippen LogP contribution in [0, 0.1) is 16.7 Å². The number of allylic oxidation sites excluding steroid dienone is 3. The van der Waals surface area contributed by atoms with Crippen LogP contribution in [0.4, 0.5) is 24.7 Å². The number of hydrogen-bond acceptors (Lipinski definition) is 8. The summed E-state index contributed by atoms with van der Waals surface area (Å²) in [6.45, 7) is 40.5. The van der Waals surface area contributed by atoms with Crippen LogP contribution in [0.3, 0.4) is 0 Å². The van der Waals surface area contributed by atoms with Crippen LogP contribution in [0.15, 0.2) is 140 Å². The molecule has 1 aliphatic carbocycles. The standard InChI is InChI=1S/C36H47FN4.C19H27F2N5.C6H12N2.C2H4/c1-8-32(34-33-11-10-16-39(33)23-38-34)41-20-30-29(25(41)4)17-27(18-31(30)37)26-12-14-28(15-13-26)40-21-36(7,22-40)19-24(3)35(5,6)9-2;1-3-10-26-11-7-16(19(20,21)13-26)14-5-6-15-17(12-14)24-25-18(15)23-9-4-8-22-2;1-4-5-8-6(2)7-3;1-2/h8,12-15,18,23-24,27,32H,1,4,9-11,16-17,19-22H2,2-3,5-7H3;3,5-6,12,16,22H,1,4,7-11,13H2,2H3,(H2,23,24,25);4-5H,1-3H3,(H,7,8);1-2H2/b;;5-4-;. The number of halogens is 3. The number of hydrogen-bond donors (Lipinski definition) is 4. The molecule has 0 bridgehead atoms. The molecular weight excluding hydrogens is 968 g/mol. The molecule has 418 valence electrons. The predicted octanol–water partition coefficient (Wildman–Crippen LogP) is 13.7. The summed E-state index contributed by atoms with van der Waals surface area (Å²) in [6.07, 6.45) is 18.0. The van der Waals surface area contributed by atoms with E-state index in [-0.39, 0.29) is 24.3 Å². The Morgan fingerprint density at radius 3 is 2.42 bits per heavy atom. The number of aryl methyl sites for hydroxylation is 1. The molecular formula is C63H90F3N11. The molecule has 0 radical (unpaired) electrons. The third-order valence-corrected chi connectivity index (χ3v) is 16.7. The number of likely N-dealkylation sites (tertiary alicyclic amines) is 1. The Balaban J connectivity index is 0.000000227. The molecule has 6 heterocycles. The monoisotopic (exact) mass is 1060 g/mol. The molecule has 2 fully saturated rings. The van der Waals surface area contributed by atoms with E-state index in [1.165, 1.54) is 24.2 Å². The lowest BCUT2D eigenvalue weighted by Gasteiger charge is -2.52. The van der Waals surface area contributed by atoms with Crippen molar-refractivity contribution in [2.75, 3.05) is 76.7 Å². The Kier molecular flexibility index (Phi) is 21.1. The van der Waals surface area contributed by atoms with Crippen molar-refractivity contribution in [1.29, 1.82) is 0 Å². The summed E-state index contributed by atoms with van der Waals surface area (Å²) in [6, 6.07) is 14.3. The van der Waals surface area contributed by atoms with Gasteiger partial charge in [0.1, 0.15) is 5.83 Å². The fourth-order valence-corrected chi connectivity index (χ4v) is 11.5. The van der Waals surface area contributed by atoms with E-state index in [4.69, 9.17) is 4.98 Å². The van der Waals surface area contributed by atoms with E-state index in [2.05, 4.69) is 137 Å². The highest BCUT2D eigenvalue weighted by Crippen LogP contribution is 2.48. The number of imidazole rings is 1. The van der Waals surface area contributed by atoms with Crippen LogP contribution in [0.2, 0.25) is 0 Å². The number of nitrogens with one attached hydrogen (secondary N) is 4. The van der Waals surface area contributed by atoms with Crippen molar-refractivity contribution in [1.82, 2.24) is 40.2 Å². The van der Waals surface area contributed by atoms with E-state index in [9.17, 15) is 8.78 Å². The fourth-order valence-electron chi connectivity index (χ4n) is 11.5. The Morgan fingerprint density at radius 1 is 1.04 bits per heavy atom. The van der Waals surface area contributed by atoms with Gasteiger partial charge in [-0.15, -0.1) is 26.3 Å². The number of aromatic amines is 1. The van der Waals surface area contributed by atoms with E-state index >= 15 is 4.39 Å². The topological polar surface area (TPSA) is 105 Å². The zero-order chi connectivity index (χ0) is 56.1. The van der Waals surface area contributed by atoms with Gasteiger partial charge in [0.05, 0.1) is 41.9 Å². The predicted molar refractivity (Wildman–Crippen MR) is 318 cm³/mol. The quantitative estimate of drug-likeness (QED) is 0.0338. The number of amidine groups is 1. The number of anilines is 2. The molecule has 4 aliphatic heterocycles. The lowest BCUT2D eigenvalue weighted by molar-refractivity contribution is -0.0800. The minimum Gasteiger partial charge on any atom is -0.370 e. The molecule has 2 saturated heterocycles. The van der Waals surface area contributed by atoms with E-state index in [1.54, 1.807) is 18.0 Å². The van der Waals surface area contributed by atoms with Gasteiger partial charge in [0.15, 0.2) is 5.82 Å². The van der Waals surface area contributed by atoms with Crippen molar-refractivity contribution in [3.8, 4) is 0 Å².